The number of likely N-dealkylation sites (tertiary alicyclic amines) is 1. The van der Waals surface area contributed by atoms with Gasteiger partial charge in [-0.3, -0.25) is 9.78 Å². The molecule has 2 saturated heterocycles. The number of pyridine rings is 1. The largest absolute Gasteiger partial charge is 0.438 e. The number of nitrogens with zero attached hydrogens (tertiary/aromatic N) is 3. The van der Waals surface area contributed by atoms with Crippen molar-refractivity contribution in [3.63, 3.8) is 0 Å². The highest BCUT2D eigenvalue weighted by Gasteiger charge is 2.52. The number of ether oxygens (including phenoxy) is 2. The van der Waals surface area contributed by atoms with Crippen LogP contribution in [0.15, 0.2) is 35.2 Å². The number of hydrogen-bond acceptors (Lipinski definition) is 6. The second-order valence-corrected chi connectivity index (χ2v) is 6.84. The topological polar surface area (TPSA) is 77.7 Å². The lowest BCUT2D eigenvalue weighted by atomic mass is 9.82. The Morgan fingerprint density at radius 1 is 1.44 bits per heavy atom. The molecule has 0 aliphatic carbocycles. The van der Waals surface area contributed by atoms with Crippen molar-refractivity contribution in [1.29, 1.82) is 0 Å². The molecule has 2 fully saturated rings. The Hall–Kier alpha value is -2.25. The first kappa shape index (κ1) is 16.2. The van der Waals surface area contributed by atoms with Crippen LogP contribution in [-0.4, -0.2) is 53.7 Å². The van der Waals surface area contributed by atoms with E-state index in [1.807, 2.05) is 23.1 Å². The van der Waals surface area contributed by atoms with E-state index in [1.165, 1.54) is 6.39 Å². The van der Waals surface area contributed by atoms with E-state index in [4.69, 9.17) is 13.9 Å². The van der Waals surface area contributed by atoms with Crippen molar-refractivity contribution in [2.45, 2.75) is 13.5 Å². The van der Waals surface area contributed by atoms with Gasteiger partial charge in [-0.1, -0.05) is 6.07 Å². The summed E-state index contributed by atoms with van der Waals surface area (Å²) >= 11 is 0. The number of aromatic nitrogens is 2. The third kappa shape index (κ3) is 3.05. The first-order valence-corrected chi connectivity index (χ1v) is 8.43. The molecule has 2 aromatic heterocycles. The molecule has 1 amide bonds. The summed E-state index contributed by atoms with van der Waals surface area (Å²) in [6, 6.07) is 5.77. The molecule has 2 atom stereocenters. The number of carbonyl (C=O) groups excluding carboxylic acids is 1. The number of fused-ring (bicyclic) bond motifs is 1. The van der Waals surface area contributed by atoms with Gasteiger partial charge in [-0.05, 0) is 19.1 Å². The minimum Gasteiger partial charge on any atom is -0.438 e. The molecule has 0 radical (unpaired) electrons. The predicted molar refractivity (Wildman–Crippen MR) is 87.8 cm³/mol. The average molecular weight is 343 g/mol. The van der Waals surface area contributed by atoms with E-state index in [-0.39, 0.29) is 17.2 Å². The SMILES string of the molecule is Cc1ncoc1C(=O)N1C[C@@H]2COC[C@]2(COCc2ccccn2)C1. The van der Waals surface area contributed by atoms with Gasteiger partial charge < -0.3 is 18.8 Å². The summed E-state index contributed by atoms with van der Waals surface area (Å²) in [7, 11) is 0. The summed E-state index contributed by atoms with van der Waals surface area (Å²) in [5.74, 6) is 0.502. The highest BCUT2D eigenvalue weighted by molar-refractivity contribution is 5.92. The highest BCUT2D eigenvalue weighted by Crippen LogP contribution is 2.42. The number of oxazole rings is 1. The minimum atomic E-state index is -0.154. The predicted octanol–water partition coefficient (Wildman–Crippen LogP) is 1.68. The van der Waals surface area contributed by atoms with E-state index >= 15 is 0 Å². The normalized spacial score (nSPS) is 25.3. The van der Waals surface area contributed by atoms with Crippen LogP contribution in [0.3, 0.4) is 0 Å². The first-order chi connectivity index (χ1) is 12.2. The van der Waals surface area contributed by atoms with Crippen LogP contribution in [0.1, 0.15) is 21.9 Å². The van der Waals surface area contributed by atoms with E-state index in [1.54, 1.807) is 13.1 Å². The van der Waals surface area contributed by atoms with Gasteiger partial charge in [0.1, 0.15) is 0 Å². The zero-order valence-corrected chi connectivity index (χ0v) is 14.2. The van der Waals surface area contributed by atoms with Crippen LogP contribution >= 0.6 is 0 Å². The summed E-state index contributed by atoms with van der Waals surface area (Å²) in [5, 5.41) is 0. The standard InChI is InChI=1S/C18H21N3O4/c1-13-16(25-12-20-13)17(22)21-6-14-7-23-10-18(14,9-21)11-24-8-15-4-2-3-5-19-15/h2-5,12,14H,6-11H2,1H3/t14-,18+/m1/s1. The maximum absolute atomic E-state index is 12.7. The van der Waals surface area contributed by atoms with Crippen molar-refractivity contribution in [2.75, 3.05) is 32.9 Å². The highest BCUT2D eigenvalue weighted by atomic mass is 16.5. The lowest BCUT2D eigenvalue weighted by Gasteiger charge is -2.26. The quantitative estimate of drug-likeness (QED) is 0.822. The Bertz CT molecular complexity index is 748. The molecular weight excluding hydrogens is 322 g/mol. The monoisotopic (exact) mass is 343 g/mol. The van der Waals surface area contributed by atoms with Gasteiger partial charge >= 0.3 is 0 Å². The van der Waals surface area contributed by atoms with Crippen molar-refractivity contribution < 1.29 is 18.7 Å². The summed E-state index contributed by atoms with van der Waals surface area (Å²) in [6.45, 7) is 5.33. The molecular formula is C18H21N3O4. The zero-order chi connectivity index (χ0) is 17.3. The Morgan fingerprint density at radius 3 is 3.12 bits per heavy atom. The van der Waals surface area contributed by atoms with E-state index < -0.39 is 0 Å². The van der Waals surface area contributed by atoms with Crippen LogP contribution in [0.25, 0.3) is 0 Å². The van der Waals surface area contributed by atoms with Crippen LogP contribution in [0.4, 0.5) is 0 Å². The molecule has 132 valence electrons. The second-order valence-electron chi connectivity index (χ2n) is 6.84. The number of carbonyl (C=O) groups is 1. The second kappa shape index (κ2) is 6.57. The van der Waals surface area contributed by atoms with Crippen LogP contribution in [0.2, 0.25) is 0 Å². The molecule has 0 spiro atoms. The van der Waals surface area contributed by atoms with E-state index in [9.17, 15) is 4.79 Å². The Balaban J connectivity index is 1.42. The minimum absolute atomic E-state index is 0.103. The van der Waals surface area contributed by atoms with Crippen LogP contribution < -0.4 is 0 Å². The van der Waals surface area contributed by atoms with Crippen molar-refractivity contribution in [1.82, 2.24) is 14.9 Å². The molecule has 7 nitrogen and oxygen atoms in total. The van der Waals surface area contributed by atoms with Crippen molar-refractivity contribution in [3.05, 3.63) is 47.9 Å². The maximum Gasteiger partial charge on any atom is 0.291 e. The van der Waals surface area contributed by atoms with Crippen LogP contribution in [-0.2, 0) is 16.1 Å². The summed E-state index contributed by atoms with van der Waals surface area (Å²) < 4.78 is 16.9. The van der Waals surface area contributed by atoms with Crippen molar-refractivity contribution in [2.24, 2.45) is 11.3 Å². The van der Waals surface area contributed by atoms with Gasteiger partial charge in [0.05, 0.1) is 37.8 Å². The van der Waals surface area contributed by atoms with Crippen molar-refractivity contribution >= 4 is 5.91 Å². The van der Waals surface area contributed by atoms with Gasteiger partial charge in [0.15, 0.2) is 6.39 Å². The number of aryl methyl sites for hydroxylation is 1. The van der Waals surface area contributed by atoms with Crippen LogP contribution in [0.5, 0.6) is 0 Å². The fourth-order valence-corrected chi connectivity index (χ4v) is 3.68. The average Bonchev–Trinajstić information content (AvgIpc) is 3.29. The molecule has 0 unspecified atom stereocenters. The summed E-state index contributed by atoms with van der Waals surface area (Å²) in [4.78, 5) is 22.8. The molecule has 2 aliphatic rings. The molecule has 0 N–H and O–H groups in total. The van der Waals surface area contributed by atoms with Gasteiger partial charge in [0.2, 0.25) is 5.76 Å². The molecule has 0 bridgehead atoms. The molecule has 2 aliphatic heterocycles. The fourth-order valence-electron chi connectivity index (χ4n) is 3.68. The fraction of sp³-hybridized carbons (Fsp3) is 0.500. The number of rotatable bonds is 5. The smallest absolute Gasteiger partial charge is 0.291 e. The van der Waals surface area contributed by atoms with Gasteiger partial charge in [-0.15, -0.1) is 0 Å². The lowest BCUT2D eigenvalue weighted by Crippen LogP contribution is -2.37. The molecule has 4 rings (SSSR count). The van der Waals surface area contributed by atoms with Gasteiger partial charge in [0.25, 0.3) is 5.91 Å². The Morgan fingerprint density at radius 2 is 2.36 bits per heavy atom. The zero-order valence-electron chi connectivity index (χ0n) is 14.2. The third-order valence-electron chi connectivity index (χ3n) is 5.11. The first-order valence-electron chi connectivity index (χ1n) is 8.43. The van der Waals surface area contributed by atoms with Gasteiger partial charge in [-0.25, -0.2) is 4.98 Å². The van der Waals surface area contributed by atoms with E-state index in [0.717, 1.165) is 5.69 Å². The number of amides is 1. The molecule has 4 heterocycles. The van der Waals surface area contributed by atoms with Crippen molar-refractivity contribution in [3.8, 4) is 0 Å². The van der Waals surface area contributed by atoms with E-state index in [0.29, 0.717) is 51.0 Å². The number of hydrogen-bond donors (Lipinski definition) is 0. The Kier molecular flexibility index (Phi) is 4.27. The molecule has 2 aromatic rings. The maximum atomic E-state index is 12.7. The lowest BCUT2D eigenvalue weighted by molar-refractivity contribution is 0.0172. The van der Waals surface area contributed by atoms with E-state index in [2.05, 4.69) is 9.97 Å². The summed E-state index contributed by atoms with van der Waals surface area (Å²) in [5.41, 5.74) is 1.37. The molecule has 25 heavy (non-hydrogen) atoms. The van der Waals surface area contributed by atoms with Gasteiger partial charge in [0, 0.05) is 30.6 Å². The van der Waals surface area contributed by atoms with Gasteiger partial charge in [-0.2, -0.15) is 0 Å². The summed E-state index contributed by atoms with van der Waals surface area (Å²) in [6.07, 6.45) is 3.07. The molecule has 0 aromatic carbocycles. The third-order valence-corrected chi connectivity index (χ3v) is 5.11. The molecule has 7 heteroatoms. The van der Waals surface area contributed by atoms with Crippen LogP contribution in [0, 0.1) is 18.3 Å². The molecule has 0 saturated carbocycles. The Labute approximate surface area is 146 Å².